The van der Waals surface area contributed by atoms with Gasteiger partial charge >= 0.3 is 5.97 Å². The first kappa shape index (κ1) is 16.5. The molecule has 7 nitrogen and oxygen atoms in total. The van der Waals surface area contributed by atoms with Gasteiger partial charge in [-0.2, -0.15) is 4.31 Å². The zero-order valence-corrected chi connectivity index (χ0v) is 13.9. The van der Waals surface area contributed by atoms with E-state index in [-0.39, 0.29) is 25.7 Å². The first-order valence-corrected chi connectivity index (χ1v) is 9.10. The molecule has 2 aliphatic rings. The van der Waals surface area contributed by atoms with Crippen LogP contribution in [0.25, 0.3) is 0 Å². The number of benzene rings is 1. The highest BCUT2D eigenvalue weighted by Crippen LogP contribution is 2.32. The Morgan fingerprint density at radius 1 is 1.39 bits per heavy atom. The van der Waals surface area contributed by atoms with E-state index in [4.69, 9.17) is 25.8 Å². The van der Waals surface area contributed by atoms with Gasteiger partial charge in [-0.3, -0.25) is 4.79 Å². The van der Waals surface area contributed by atoms with Crippen molar-refractivity contribution in [1.29, 1.82) is 0 Å². The van der Waals surface area contributed by atoms with Gasteiger partial charge in [-0.15, -0.1) is 0 Å². The summed E-state index contributed by atoms with van der Waals surface area (Å²) in [5.41, 5.74) is 1.42. The molecule has 0 atom stereocenters. The molecule has 9 heteroatoms. The Balaban J connectivity index is 1.64. The fraction of sp³-hybridized carbons (Fsp3) is 0.500. The first-order chi connectivity index (χ1) is 11.0. The average Bonchev–Trinajstić information content (AvgIpc) is 2.83. The van der Waals surface area contributed by atoms with Crippen molar-refractivity contribution >= 4 is 27.6 Å². The van der Waals surface area contributed by atoms with Gasteiger partial charge in [0.2, 0.25) is 10.0 Å². The molecular weight excluding hydrogens is 346 g/mol. The molecule has 23 heavy (non-hydrogen) atoms. The lowest BCUT2D eigenvalue weighted by molar-refractivity contribution is -0.145. The number of hydrogen-bond donors (Lipinski definition) is 0. The maximum atomic E-state index is 11.9. The molecule has 126 valence electrons. The number of carbonyl (C=O) groups excluding carboxylic acids is 1. The fourth-order valence-corrected chi connectivity index (χ4v) is 4.31. The lowest BCUT2D eigenvalue weighted by atomic mass is 10.1. The first-order valence-electron chi connectivity index (χ1n) is 7.11. The minimum Gasteiger partial charge on any atom is -0.467 e. The third kappa shape index (κ3) is 3.77. The van der Waals surface area contributed by atoms with E-state index in [1.165, 1.54) is 0 Å². The van der Waals surface area contributed by atoms with Crippen molar-refractivity contribution < 1.29 is 27.4 Å². The summed E-state index contributed by atoms with van der Waals surface area (Å²) in [7, 11) is -3.32. The van der Waals surface area contributed by atoms with Gasteiger partial charge in [0.25, 0.3) is 0 Å². The summed E-state index contributed by atoms with van der Waals surface area (Å²) in [6.07, 6.45) is 0.533. The molecule has 0 N–H and O–H groups in total. The molecule has 1 aromatic rings. The maximum absolute atomic E-state index is 11.9. The zero-order valence-electron chi connectivity index (χ0n) is 12.3. The molecule has 2 aliphatic heterocycles. The maximum Gasteiger partial charge on any atom is 0.321 e. The van der Waals surface area contributed by atoms with Crippen LogP contribution in [0.3, 0.4) is 0 Å². The molecule has 0 unspecified atom stereocenters. The van der Waals surface area contributed by atoms with Crippen LogP contribution in [0, 0.1) is 0 Å². The summed E-state index contributed by atoms with van der Waals surface area (Å²) in [6.45, 7) is 0.555. The quantitative estimate of drug-likeness (QED) is 0.751. The molecule has 0 aliphatic carbocycles. The molecule has 1 fully saturated rings. The summed E-state index contributed by atoms with van der Waals surface area (Å²) in [5, 5.41) is 0.492. The summed E-state index contributed by atoms with van der Waals surface area (Å²) in [4.78, 5) is 11.9. The number of ether oxygens (including phenoxy) is 3. The van der Waals surface area contributed by atoms with Gasteiger partial charge in [-0.05, 0) is 18.6 Å². The van der Waals surface area contributed by atoms with Gasteiger partial charge < -0.3 is 14.2 Å². The van der Waals surface area contributed by atoms with Crippen LogP contribution in [0.5, 0.6) is 5.75 Å². The van der Waals surface area contributed by atoms with Gasteiger partial charge in [0, 0.05) is 22.7 Å². The van der Waals surface area contributed by atoms with Crippen LogP contribution in [0.4, 0.5) is 0 Å². The molecule has 0 bridgehead atoms. The SMILES string of the molecule is O=C(CN1CCCS1(=O)=O)OCc1cc(Cl)cc2c1OCOC2. The minimum absolute atomic E-state index is 0.0321. The second-order valence-corrected chi connectivity index (χ2v) is 7.85. The number of rotatable bonds is 4. The van der Waals surface area contributed by atoms with Crippen molar-refractivity contribution in [2.45, 2.75) is 19.6 Å². The Labute approximate surface area is 139 Å². The zero-order chi connectivity index (χ0) is 16.4. The summed E-state index contributed by atoms with van der Waals surface area (Å²) < 4.78 is 40.3. The predicted molar refractivity (Wildman–Crippen MR) is 81.5 cm³/mol. The monoisotopic (exact) mass is 361 g/mol. The number of nitrogens with zero attached hydrogens (tertiary/aromatic N) is 1. The van der Waals surface area contributed by atoms with Crippen molar-refractivity contribution in [3.05, 3.63) is 28.3 Å². The highest BCUT2D eigenvalue weighted by molar-refractivity contribution is 7.89. The summed E-state index contributed by atoms with van der Waals surface area (Å²) in [5.74, 6) is 0.0779. The minimum atomic E-state index is -3.32. The largest absolute Gasteiger partial charge is 0.467 e. The van der Waals surface area contributed by atoms with Gasteiger partial charge in [0.05, 0.1) is 12.4 Å². The number of esters is 1. The number of fused-ring (bicyclic) bond motifs is 1. The highest BCUT2D eigenvalue weighted by Gasteiger charge is 2.30. The lowest BCUT2D eigenvalue weighted by Gasteiger charge is -2.21. The lowest BCUT2D eigenvalue weighted by Crippen LogP contribution is -2.32. The molecule has 0 amide bonds. The van der Waals surface area contributed by atoms with Crippen LogP contribution in [0.1, 0.15) is 17.5 Å². The van der Waals surface area contributed by atoms with Crippen LogP contribution in [0.15, 0.2) is 12.1 Å². The Hall–Kier alpha value is -1.35. The molecule has 0 saturated carbocycles. The molecule has 3 rings (SSSR count). The second kappa shape index (κ2) is 6.64. The van der Waals surface area contributed by atoms with Crippen molar-refractivity contribution in [3.63, 3.8) is 0 Å². The molecule has 0 aromatic heterocycles. The van der Waals surface area contributed by atoms with Crippen molar-refractivity contribution in [3.8, 4) is 5.75 Å². The normalized spacial score (nSPS) is 19.9. The molecule has 1 saturated heterocycles. The van der Waals surface area contributed by atoms with E-state index >= 15 is 0 Å². The Bertz CT molecular complexity index is 720. The second-order valence-electron chi connectivity index (χ2n) is 5.33. The third-order valence-corrected chi connectivity index (χ3v) is 5.77. The van der Waals surface area contributed by atoms with E-state index in [1.807, 2.05) is 0 Å². The fourth-order valence-electron chi connectivity index (χ4n) is 2.58. The number of carbonyl (C=O) groups is 1. The van der Waals surface area contributed by atoms with Crippen LogP contribution < -0.4 is 4.74 Å². The highest BCUT2D eigenvalue weighted by atomic mass is 35.5. The molecule has 1 aromatic carbocycles. The Morgan fingerprint density at radius 3 is 2.96 bits per heavy atom. The predicted octanol–water partition coefficient (Wildman–Crippen LogP) is 1.29. The van der Waals surface area contributed by atoms with Crippen molar-refractivity contribution in [2.24, 2.45) is 0 Å². The van der Waals surface area contributed by atoms with Crippen LogP contribution >= 0.6 is 11.6 Å². The van der Waals surface area contributed by atoms with E-state index in [1.54, 1.807) is 12.1 Å². The van der Waals surface area contributed by atoms with E-state index in [0.29, 0.717) is 35.9 Å². The van der Waals surface area contributed by atoms with E-state index < -0.39 is 16.0 Å². The summed E-state index contributed by atoms with van der Waals surface area (Å²) in [6, 6.07) is 3.39. The van der Waals surface area contributed by atoms with Crippen molar-refractivity contribution in [2.75, 3.05) is 25.6 Å². The number of halogens is 1. The van der Waals surface area contributed by atoms with Gasteiger partial charge in [0.1, 0.15) is 18.9 Å². The van der Waals surface area contributed by atoms with Gasteiger partial charge in [0.15, 0.2) is 6.79 Å². The third-order valence-electron chi connectivity index (χ3n) is 3.65. The Morgan fingerprint density at radius 2 is 2.22 bits per heavy atom. The summed E-state index contributed by atoms with van der Waals surface area (Å²) >= 11 is 6.03. The van der Waals surface area contributed by atoms with Crippen LogP contribution in [-0.2, 0) is 37.5 Å². The van der Waals surface area contributed by atoms with E-state index in [0.717, 1.165) is 9.87 Å². The van der Waals surface area contributed by atoms with Crippen LogP contribution in [-0.4, -0.2) is 44.3 Å². The molecule has 0 radical (unpaired) electrons. The standard InChI is InChI=1S/C14H16ClNO6S/c15-12-4-10-7-20-9-22-14(10)11(5-12)8-21-13(17)6-16-2-1-3-23(16,18)19/h4-5H,1-3,6-9H2. The number of hydrogen-bond acceptors (Lipinski definition) is 6. The number of sulfonamides is 1. The molecule has 0 spiro atoms. The smallest absolute Gasteiger partial charge is 0.321 e. The van der Waals surface area contributed by atoms with Crippen LogP contribution in [0.2, 0.25) is 5.02 Å². The van der Waals surface area contributed by atoms with Gasteiger partial charge in [-0.25, -0.2) is 8.42 Å². The van der Waals surface area contributed by atoms with Crippen molar-refractivity contribution in [1.82, 2.24) is 4.31 Å². The average molecular weight is 362 g/mol. The van der Waals surface area contributed by atoms with E-state index in [2.05, 4.69) is 0 Å². The van der Waals surface area contributed by atoms with E-state index in [9.17, 15) is 13.2 Å². The Kier molecular flexibility index (Phi) is 4.77. The molecule has 2 heterocycles. The molecular formula is C14H16ClNO6S. The topological polar surface area (TPSA) is 82.1 Å². The van der Waals surface area contributed by atoms with Gasteiger partial charge in [-0.1, -0.05) is 11.6 Å².